The Morgan fingerprint density at radius 2 is 1.79 bits per heavy atom. The Hall–Kier alpha value is -4.64. The predicted molar refractivity (Wildman–Crippen MR) is 143 cm³/mol. The molecule has 3 N–H and O–H groups in total. The molecule has 0 saturated carbocycles. The second-order valence-electron chi connectivity index (χ2n) is 7.79. The summed E-state index contributed by atoms with van der Waals surface area (Å²) in [6, 6.07) is 24.3. The van der Waals surface area contributed by atoms with E-state index in [4.69, 9.17) is 14.6 Å². The molecule has 4 rings (SSSR count). The van der Waals surface area contributed by atoms with Gasteiger partial charge in [-0.25, -0.2) is 10.2 Å². The number of nitrogens with zero attached hydrogens (tertiary/aromatic N) is 3. The largest absolute Gasteiger partial charge is 0.494 e. The summed E-state index contributed by atoms with van der Waals surface area (Å²) in [6.45, 7) is 2.03. The van der Waals surface area contributed by atoms with E-state index in [2.05, 4.69) is 20.7 Å². The third-order valence-electron chi connectivity index (χ3n) is 5.12. The van der Waals surface area contributed by atoms with Gasteiger partial charge in [0.15, 0.2) is 6.61 Å². The molecule has 194 valence electrons. The van der Waals surface area contributed by atoms with Crippen molar-refractivity contribution in [3.8, 4) is 28.6 Å². The predicted octanol–water partition coefficient (Wildman–Crippen LogP) is 3.46. The van der Waals surface area contributed by atoms with E-state index in [1.165, 1.54) is 18.0 Å². The number of aliphatic carboxylic acids is 1. The number of hydrogen-bond acceptors (Lipinski definition) is 7. The van der Waals surface area contributed by atoms with Gasteiger partial charge in [0.05, 0.1) is 29.2 Å². The lowest BCUT2D eigenvalue weighted by Crippen LogP contribution is -2.34. The van der Waals surface area contributed by atoms with Gasteiger partial charge in [0.25, 0.3) is 11.7 Å². The van der Waals surface area contributed by atoms with E-state index >= 15 is 0 Å². The lowest BCUT2D eigenvalue weighted by atomic mass is 10.2. The molecule has 1 amide bonds. The SMILES string of the molecule is CCOc1ccc(-[n+]2c(SCC(=O)NN=Cc3ccccc3OCC(=O)O)n[nH]c2-c2ccccc2)cc1. The highest BCUT2D eigenvalue weighted by molar-refractivity contribution is 7.99. The molecule has 0 aliphatic rings. The number of thioether (sulfide) groups is 1. The van der Waals surface area contributed by atoms with Crippen LogP contribution in [0.2, 0.25) is 0 Å². The van der Waals surface area contributed by atoms with Crippen LogP contribution < -0.4 is 19.5 Å². The summed E-state index contributed by atoms with van der Waals surface area (Å²) in [5, 5.41) is 21.0. The van der Waals surface area contributed by atoms with Crippen LogP contribution >= 0.6 is 11.8 Å². The van der Waals surface area contributed by atoms with Crippen LogP contribution in [0.5, 0.6) is 11.5 Å². The fraction of sp³-hybridized carbons (Fsp3) is 0.148. The molecule has 0 unspecified atom stereocenters. The first-order valence-corrected chi connectivity index (χ1v) is 12.7. The molecule has 0 spiro atoms. The molecule has 0 aliphatic heterocycles. The topological polar surface area (TPSA) is 130 Å². The average molecular weight is 533 g/mol. The van der Waals surface area contributed by atoms with Crippen LogP contribution in [0.1, 0.15) is 12.5 Å². The molecule has 11 heteroatoms. The van der Waals surface area contributed by atoms with Crippen molar-refractivity contribution < 1.29 is 28.7 Å². The molecule has 0 saturated heterocycles. The van der Waals surface area contributed by atoms with Crippen molar-refractivity contribution in [3.63, 3.8) is 0 Å². The van der Waals surface area contributed by atoms with Gasteiger partial charge in [-0.05, 0) is 67.2 Å². The molecule has 0 bridgehead atoms. The minimum atomic E-state index is -1.08. The summed E-state index contributed by atoms with van der Waals surface area (Å²) in [7, 11) is 0. The fourth-order valence-electron chi connectivity index (χ4n) is 3.47. The number of carboxylic acid groups (broad SMARTS) is 1. The molecular weight excluding hydrogens is 506 g/mol. The second-order valence-corrected chi connectivity index (χ2v) is 8.73. The Balaban J connectivity index is 1.46. The van der Waals surface area contributed by atoms with Gasteiger partial charge in [-0.2, -0.15) is 9.67 Å². The number of H-pyrrole nitrogens is 1. The maximum atomic E-state index is 12.5. The van der Waals surface area contributed by atoms with Crippen molar-refractivity contribution >= 4 is 29.9 Å². The molecule has 1 aromatic heterocycles. The standard InChI is InChI=1S/C27H25N5O5S/c1-2-36-22-14-12-21(13-15-22)32-26(19-8-4-3-5-9-19)30-31-27(32)38-18-24(33)29-28-16-20-10-6-7-11-23(20)37-17-25(34)35/h3-16H,2,17-18H2,1H3,(H2,29,33,34,35)/p+1. The number of hydrogen-bond donors (Lipinski definition) is 3. The zero-order valence-corrected chi connectivity index (χ0v) is 21.4. The molecule has 0 radical (unpaired) electrons. The summed E-state index contributed by atoms with van der Waals surface area (Å²) in [5.41, 5.74) is 4.83. The van der Waals surface area contributed by atoms with Crippen LogP contribution in [0.15, 0.2) is 89.1 Å². The van der Waals surface area contributed by atoms with E-state index in [0.717, 1.165) is 22.8 Å². The van der Waals surface area contributed by atoms with Gasteiger partial charge in [-0.3, -0.25) is 4.79 Å². The monoisotopic (exact) mass is 532 g/mol. The first kappa shape index (κ1) is 26.4. The number of rotatable bonds is 12. The minimum absolute atomic E-state index is 0.0601. The summed E-state index contributed by atoms with van der Waals surface area (Å²) in [4.78, 5) is 23.3. The molecule has 0 atom stereocenters. The second kappa shape index (κ2) is 13.1. The van der Waals surface area contributed by atoms with Gasteiger partial charge >= 0.3 is 11.1 Å². The fourth-order valence-corrected chi connectivity index (χ4v) is 4.24. The van der Waals surface area contributed by atoms with E-state index in [1.54, 1.807) is 24.3 Å². The molecule has 1 heterocycles. The Bertz CT molecular complexity index is 1410. The van der Waals surface area contributed by atoms with Crippen molar-refractivity contribution in [3.05, 3.63) is 84.4 Å². The van der Waals surface area contributed by atoms with Gasteiger partial charge in [-0.1, -0.05) is 30.3 Å². The number of carbonyl (C=O) groups is 2. The van der Waals surface area contributed by atoms with Crippen molar-refractivity contribution in [1.82, 2.24) is 15.6 Å². The van der Waals surface area contributed by atoms with Crippen LogP contribution in [0.25, 0.3) is 17.1 Å². The number of hydrazone groups is 1. The van der Waals surface area contributed by atoms with Crippen LogP contribution in [0, 0.1) is 0 Å². The number of nitrogens with one attached hydrogen (secondary N) is 2. The molecule has 0 fully saturated rings. The quantitative estimate of drug-likeness (QED) is 0.110. The number of carboxylic acids is 1. The van der Waals surface area contributed by atoms with Crippen molar-refractivity contribution in [2.45, 2.75) is 12.1 Å². The maximum Gasteiger partial charge on any atom is 0.342 e. The van der Waals surface area contributed by atoms with Crippen molar-refractivity contribution in [2.75, 3.05) is 19.0 Å². The number of aromatic amines is 1. The lowest BCUT2D eigenvalue weighted by Gasteiger charge is -2.07. The number of benzene rings is 3. The Labute approximate surface area is 223 Å². The highest BCUT2D eigenvalue weighted by atomic mass is 32.2. The Kier molecular flexibility index (Phi) is 9.08. The molecule has 10 nitrogen and oxygen atoms in total. The number of aromatic nitrogens is 3. The number of amides is 1. The normalized spacial score (nSPS) is 10.9. The highest BCUT2D eigenvalue weighted by Crippen LogP contribution is 2.22. The molecular formula is C27H26N5O5S+. The van der Waals surface area contributed by atoms with Gasteiger partial charge in [-0.15, -0.1) is 5.10 Å². The smallest absolute Gasteiger partial charge is 0.342 e. The first-order chi connectivity index (χ1) is 18.5. The molecule has 4 aromatic rings. The van der Waals surface area contributed by atoms with Gasteiger partial charge in [0.1, 0.15) is 17.2 Å². The van der Waals surface area contributed by atoms with Crippen LogP contribution in [-0.2, 0) is 9.59 Å². The summed E-state index contributed by atoms with van der Waals surface area (Å²) in [5.74, 6) is 0.529. The molecule has 0 aliphatic carbocycles. The molecule has 38 heavy (non-hydrogen) atoms. The van der Waals surface area contributed by atoms with Crippen LogP contribution in [-0.4, -0.2) is 52.4 Å². The van der Waals surface area contributed by atoms with E-state index in [1.807, 2.05) is 66.1 Å². The zero-order valence-electron chi connectivity index (χ0n) is 20.5. The first-order valence-electron chi connectivity index (χ1n) is 11.7. The van der Waals surface area contributed by atoms with E-state index < -0.39 is 12.6 Å². The third kappa shape index (κ3) is 6.98. The summed E-state index contributed by atoms with van der Waals surface area (Å²) < 4.78 is 12.8. The van der Waals surface area contributed by atoms with Gasteiger partial charge in [0, 0.05) is 5.56 Å². The lowest BCUT2D eigenvalue weighted by molar-refractivity contribution is -0.625. The summed E-state index contributed by atoms with van der Waals surface area (Å²) in [6.07, 6.45) is 1.40. The van der Waals surface area contributed by atoms with Gasteiger partial charge < -0.3 is 14.6 Å². The van der Waals surface area contributed by atoms with Crippen molar-refractivity contribution in [1.29, 1.82) is 0 Å². The highest BCUT2D eigenvalue weighted by Gasteiger charge is 2.24. The number of carbonyl (C=O) groups excluding carboxylic acids is 1. The van der Waals surface area contributed by atoms with E-state index in [0.29, 0.717) is 23.1 Å². The summed E-state index contributed by atoms with van der Waals surface area (Å²) >= 11 is 1.25. The van der Waals surface area contributed by atoms with E-state index in [-0.39, 0.29) is 11.7 Å². The Morgan fingerprint density at radius 1 is 1.05 bits per heavy atom. The zero-order chi connectivity index (χ0) is 26.7. The van der Waals surface area contributed by atoms with Crippen LogP contribution in [0.3, 0.4) is 0 Å². The number of ether oxygens (including phenoxy) is 2. The van der Waals surface area contributed by atoms with E-state index in [9.17, 15) is 9.59 Å². The third-order valence-corrected chi connectivity index (χ3v) is 6.06. The Morgan fingerprint density at radius 3 is 2.53 bits per heavy atom. The average Bonchev–Trinajstić information content (AvgIpc) is 3.36. The molecule has 3 aromatic carbocycles. The van der Waals surface area contributed by atoms with Crippen LogP contribution in [0.4, 0.5) is 0 Å². The number of para-hydroxylation sites is 1. The minimum Gasteiger partial charge on any atom is -0.494 e. The maximum absolute atomic E-state index is 12.5. The van der Waals surface area contributed by atoms with Gasteiger partial charge in [0.2, 0.25) is 0 Å². The van der Waals surface area contributed by atoms with Crippen molar-refractivity contribution in [2.24, 2.45) is 5.10 Å².